The van der Waals surface area contributed by atoms with Crippen molar-refractivity contribution in [3.05, 3.63) is 0 Å². The zero-order valence-electron chi connectivity index (χ0n) is 10.4. The molecule has 0 aliphatic carbocycles. The number of methoxy groups -OCH3 is 2. The number of carboxylic acid groups (broad SMARTS) is 2. The molecule has 0 aromatic heterocycles. The average molecular weight is 265 g/mol. The maximum Gasteiger partial charge on any atom is 0.351 e. The molecule has 0 fully saturated rings. The first-order chi connectivity index (χ1) is 8.37. The molecule has 2 unspecified atom stereocenters. The minimum Gasteiger partial charge on any atom is -0.479 e. The van der Waals surface area contributed by atoms with Crippen molar-refractivity contribution >= 4 is 11.9 Å². The molecule has 0 aliphatic heterocycles. The summed E-state index contributed by atoms with van der Waals surface area (Å²) in [6.45, 7) is 0.163. The van der Waals surface area contributed by atoms with Crippen LogP contribution in [0.4, 0.5) is 0 Å². The maximum atomic E-state index is 11.0. The Hall–Kier alpha value is -1.22. The Bertz CT molecular complexity index is 283. The molecule has 0 saturated carbocycles. The van der Waals surface area contributed by atoms with Gasteiger partial charge in [-0.2, -0.15) is 0 Å². The molecular formula is C10H19NO7. The standard InChI is InChI=1S/C10H19NO7/c1-16-5-3-7(8(12)13)18-10(11,9(14)15)4-6-17-2/h7H,3-6,11H2,1-2H3,(H,12,13)(H,14,15). The number of carbonyl (C=O) groups is 2. The second-order valence-electron chi connectivity index (χ2n) is 3.66. The third-order valence-corrected chi connectivity index (χ3v) is 2.25. The molecule has 18 heavy (non-hydrogen) atoms. The van der Waals surface area contributed by atoms with Gasteiger partial charge < -0.3 is 24.4 Å². The van der Waals surface area contributed by atoms with Gasteiger partial charge >= 0.3 is 11.9 Å². The van der Waals surface area contributed by atoms with Crippen LogP contribution in [0, 0.1) is 0 Å². The van der Waals surface area contributed by atoms with Crippen molar-refractivity contribution in [1.82, 2.24) is 0 Å². The number of ether oxygens (including phenoxy) is 3. The number of nitrogens with two attached hydrogens (primary N) is 1. The SMILES string of the molecule is COCCC(OC(N)(CCOC)C(=O)O)C(=O)O. The molecule has 0 bridgehead atoms. The van der Waals surface area contributed by atoms with Crippen LogP contribution in [0.3, 0.4) is 0 Å². The molecule has 0 rings (SSSR count). The summed E-state index contributed by atoms with van der Waals surface area (Å²) in [6.07, 6.45) is -1.50. The van der Waals surface area contributed by atoms with Crippen molar-refractivity contribution in [2.45, 2.75) is 24.7 Å². The molecule has 0 amide bonds. The third-order valence-electron chi connectivity index (χ3n) is 2.25. The molecule has 106 valence electrons. The van der Waals surface area contributed by atoms with Crippen molar-refractivity contribution in [3.8, 4) is 0 Å². The zero-order valence-corrected chi connectivity index (χ0v) is 10.4. The summed E-state index contributed by atoms with van der Waals surface area (Å²) in [5, 5.41) is 17.9. The molecule has 0 aliphatic rings. The van der Waals surface area contributed by atoms with Crippen molar-refractivity contribution in [3.63, 3.8) is 0 Å². The fourth-order valence-corrected chi connectivity index (χ4v) is 1.18. The minimum atomic E-state index is -2.09. The molecule has 8 nitrogen and oxygen atoms in total. The molecule has 0 heterocycles. The zero-order chi connectivity index (χ0) is 14.2. The van der Waals surface area contributed by atoms with Crippen molar-refractivity contribution in [2.75, 3.05) is 27.4 Å². The summed E-state index contributed by atoms with van der Waals surface area (Å²) in [6, 6.07) is 0. The lowest BCUT2D eigenvalue weighted by Crippen LogP contribution is -2.54. The summed E-state index contributed by atoms with van der Waals surface area (Å²) < 4.78 is 14.4. The second kappa shape index (κ2) is 7.98. The van der Waals surface area contributed by atoms with E-state index in [1.165, 1.54) is 14.2 Å². The Morgan fingerprint density at radius 2 is 1.78 bits per heavy atom. The van der Waals surface area contributed by atoms with Gasteiger partial charge in [0.25, 0.3) is 0 Å². The molecule has 2 atom stereocenters. The Morgan fingerprint density at radius 1 is 1.22 bits per heavy atom. The summed E-state index contributed by atoms with van der Waals surface area (Å²) in [5.74, 6) is -2.73. The van der Waals surface area contributed by atoms with E-state index < -0.39 is 23.8 Å². The van der Waals surface area contributed by atoms with E-state index in [2.05, 4.69) is 0 Å². The lowest BCUT2D eigenvalue weighted by molar-refractivity contribution is -0.186. The summed E-state index contributed by atoms with van der Waals surface area (Å²) in [5.41, 5.74) is 3.44. The molecular weight excluding hydrogens is 246 g/mol. The topological polar surface area (TPSA) is 128 Å². The predicted molar refractivity (Wildman–Crippen MR) is 60.0 cm³/mol. The van der Waals surface area contributed by atoms with Gasteiger partial charge in [-0.3, -0.25) is 5.73 Å². The number of rotatable bonds is 10. The van der Waals surface area contributed by atoms with E-state index in [4.69, 9.17) is 30.2 Å². The summed E-state index contributed by atoms with van der Waals surface area (Å²) >= 11 is 0. The van der Waals surface area contributed by atoms with Crippen LogP contribution in [0.1, 0.15) is 12.8 Å². The van der Waals surface area contributed by atoms with Crippen LogP contribution in [0.15, 0.2) is 0 Å². The van der Waals surface area contributed by atoms with Crippen LogP contribution in [-0.2, 0) is 23.8 Å². The third kappa shape index (κ3) is 5.41. The summed E-state index contributed by atoms with van der Waals surface area (Å²) in [4.78, 5) is 21.9. The Morgan fingerprint density at radius 3 is 2.17 bits per heavy atom. The van der Waals surface area contributed by atoms with Gasteiger partial charge in [0, 0.05) is 33.7 Å². The van der Waals surface area contributed by atoms with Crippen LogP contribution in [0.25, 0.3) is 0 Å². The van der Waals surface area contributed by atoms with E-state index >= 15 is 0 Å². The molecule has 0 radical (unpaired) electrons. The van der Waals surface area contributed by atoms with Crippen molar-refractivity contribution in [1.29, 1.82) is 0 Å². The monoisotopic (exact) mass is 265 g/mol. The first kappa shape index (κ1) is 16.8. The molecule has 8 heteroatoms. The van der Waals surface area contributed by atoms with Crippen LogP contribution >= 0.6 is 0 Å². The highest BCUT2D eigenvalue weighted by molar-refractivity contribution is 5.78. The van der Waals surface area contributed by atoms with E-state index in [0.29, 0.717) is 0 Å². The Labute approximate surface area is 105 Å². The van der Waals surface area contributed by atoms with Gasteiger partial charge in [-0.25, -0.2) is 9.59 Å². The predicted octanol–water partition coefficient (Wildman–Crippen LogP) is -0.731. The highest BCUT2D eigenvalue weighted by Gasteiger charge is 2.39. The van der Waals surface area contributed by atoms with Gasteiger partial charge in [-0.1, -0.05) is 0 Å². The maximum absolute atomic E-state index is 11.0. The van der Waals surface area contributed by atoms with Gasteiger partial charge in [-0.15, -0.1) is 0 Å². The molecule has 0 saturated heterocycles. The normalized spacial score (nSPS) is 15.9. The molecule has 0 aromatic carbocycles. The van der Waals surface area contributed by atoms with E-state index in [1.807, 2.05) is 0 Å². The van der Waals surface area contributed by atoms with E-state index in [9.17, 15) is 9.59 Å². The first-order valence-corrected chi connectivity index (χ1v) is 5.28. The minimum absolute atomic E-state index is 0.00501. The quantitative estimate of drug-likeness (QED) is 0.441. The largest absolute Gasteiger partial charge is 0.479 e. The van der Waals surface area contributed by atoms with Crippen molar-refractivity contribution in [2.24, 2.45) is 5.73 Å². The van der Waals surface area contributed by atoms with Gasteiger partial charge in [-0.05, 0) is 0 Å². The lowest BCUT2D eigenvalue weighted by atomic mass is 10.1. The van der Waals surface area contributed by atoms with Crippen LogP contribution in [0.2, 0.25) is 0 Å². The highest BCUT2D eigenvalue weighted by Crippen LogP contribution is 2.15. The van der Waals surface area contributed by atoms with Crippen LogP contribution in [-0.4, -0.2) is 61.4 Å². The average Bonchev–Trinajstić information content (AvgIpc) is 2.31. The highest BCUT2D eigenvalue weighted by atomic mass is 16.6. The second-order valence-corrected chi connectivity index (χ2v) is 3.66. The lowest BCUT2D eigenvalue weighted by Gasteiger charge is -2.28. The van der Waals surface area contributed by atoms with Crippen LogP contribution in [0.5, 0.6) is 0 Å². The van der Waals surface area contributed by atoms with Crippen molar-refractivity contribution < 1.29 is 34.0 Å². The van der Waals surface area contributed by atoms with Gasteiger partial charge in [0.15, 0.2) is 6.10 Å². The van der Waals surface area contributed by atoms with Gasteiger partial charge in [0.1, 0.15) is 0 Å². The van der Waals surface area contributed by atoms with Crippen LogP contribution < -0.4 is 5.73 Å². The van der Waals surface area contributed by atoms with E-state index in [-0.39, 0.29) is 26.1 Å². The Balaban J connectivity index is 4.69. The van der Waals surface area contributed by atoms with Gasteiger partial charge in [0.2, 0.25) is 5.72 Å². The molecule has 0 aromatic rings. The first-order valence-electron chi connectivity index (χ1n) is 5.28. The van der Waals surface area contributed by atoms with Gasteiger partial charge in [0.05, 0.1) is 6.61 Å². The number of carboxylic acids is 2. The smallest absolute Gasteiger partial charge is 0.351 e. The fraction of sp³-hybridized carbons (Fsp3) is 0.800. The van der Waals surface area contributed by atoms with E-state index in [1.54, 1.807) is 0 Å². The molecule has 0 spiro atoms. The summed E-state index contributed by atoms with van der Waals surface area (Å²) in [7, 11) is 2.78. The fourth-order valence-electron chi connectivity index (χ4n) is 1.18. The Kier molecular flexibility index (Phi) is 7.44. The number of hydrogen-bond donors (Lipinski definition) is 3. The number of aliphatic carboxylic acids is 2. The molecule has 4 N–H and O–H groups in total. The van der Waals surface area contributed by atoms with E-state index in [0.717, 1.165) is 0 Å². The number of hydrogen-bond acceptors (Lipinski definition) is 6.